The SMILES string of the molecule is COC1(c2cccc(C(F)(F)F)c2)CCNCC1.Cl. The van der Waals surface area contributed by atoms with Gasteiger partial charge in [-0.05, 0) is 43.6 Å². The lowest BCUT2D eigenvalue weighted by molar-refractivity contribution is -0.137. The molecule has 108 valence electrons. The molecule has 0 bridgehead atoms. The normalized spacial score (nSPS) is 18.7. The molecule has 1 saturated heterocycles. The standard InChI is InChI=1S/C13H16F3NO.ClH/c1-18-12(5-7-17-8-6-12)10-3-2-4-11(9-10)13(14,15)16;/h2-4,9,17H,5-8H2,1H3;1H. The zero-order chi connectivity index (χ0) is 13.2. The summed E-state index contributed by atoms with van der Waals surface area (Å²) in [5.41, 5.74) is -0.594. The van der Waals surface area contributed by atoms with Crippen LogP contribution in [0.25, 0.3) is 0 Å². The molecule has 0 atom stereocenters. The van der Waals surface area contributed by atoms with E-state index in [-0.39, 0.29) is 12.4 Å². The van der Waals surface area contributed by atoms with Crippen LogP contribution in [0.3, 0.4) is 0 Å². The van der Waals surface area contributed by atoms with Crippen molar-refractivity contribution in [3.05, 3.63) is 35.4 Å². The van der Waals surface area contributed by atoms with E-state index in [4.69, 9.17) is 4.74 Å². The number of hydrogen-bond donors (Lipinski definition) is 1. The number of methoxy groups -OCH3 is 1. The van der Waals surface area contributed by atoms with Crippen molar-refractivity contribution in [2.24, 2.45) is 0 Å². The van der Waals surface area contributed by atoms with Gasteiger partial charge < -0.3 is 10.1 Å². The van der Waals surface area contributed by atoms with Gasteiger partial charge in [0.2, 0.25) is 0 Å². The van der Waals surface area contributed by atoms with Gasteiger partial charge in [0.05, 0.1) is 11.2 Å². The first kappa shape index (κ1) is 16.3. The van der Waals surface area contributed by atoms with E-state index in [1.165, 1.54) is 12.1 Å². The maximum atomic E-state index is 12.7. The molecule has 6 heteroatoms. The Morgan fingerprint density at radius 1 is 1.21 bits per heavy atom. The molecule has 0 radical (unpaired) electrons. The molecule has 1 aromatic rings. The minimum absolute atomic E-state index is 0. The summed E-state index contributed by atoms with van der Waals surface area (Å²) in [7, 11) is 1.56. The Morgan fingerprint density at radius 2 is 1.84 bits per heavy atom. The summed E-state index contributed by atoms with van der Waals surface area (Å²) in [6, 6.07) is 5.45. The van der Waals surface area contributed by atoms with E-state index >= 15 is 0 Å². The van der Waals surface area contributed by atoms with Crippen molar-refractivity contribution in [2.75, 3.05) is 20.2 Å². The third-order valence-electron chi connectivity index (χ3n) is 3.52. The Kier molecular flexibility index (Phi) is 5.24. The Hall–Kier alpha value is -0.780. The second-order valence-electron chi connectivity index (χ2n) is 4.53. The van der Waals surface area contributed by atoms with Crippen LogP contribution in [0.15, 0.2) is 24.3 Å². The van der Waals surface area contributed by atoms with Crippen molar-refractivity contribution < 1.29 is 17.9 Å². The highest BCUT2D eigenvalue weighted by Crippen LogP contribution is 2.37. The summed E-state index contributed by atoms with van der Waals surface area (Å²) in [6.07, 6.45) is -2.94. The van der Waals surface area contributed by atoms with Crippen molar-refractivity contribution in [1.29, 1.82) is 0 Å². The van der Waals surface area contributed by atoms with Crippen molar-refractivity contribution >= 4 is 12.4 Å². The van der Waals surface area contributed by atoms with Gasteiger partial charge in [0.15, 0.2) is 0 Å². The monoisotopic (exact) mass is 295 g/mol. The second-order valence-corrected chi connectivity index (χ2v) is 4.53. The molecule has 19 heavy (non-hydrogen) atoms. The van der Waals surface area contributed by atoms with Crippen LogP contribution in [0.1, 0.15) is 24.0 Å². The van der Waals surface area contributed by atoms with Gasteiger partial charge in [0.25, 0.3) is 0 Å². The average Bonchev–Trinajstić information content (AvgIpc) is 2.39. The van der Waals surface area contributed by atoms with E-state index in [1.54, 1.807) is 13.2 Å². The predicted molar refractivity (Wildman–Crippen MR) is 69.5 cm³/mol. The van der Waals surface area contributed by atoms with Gasteiger partial charge in [0.1, 0.15) is 0 Å². The fourth-order valence-corrected chi connectivity index (χ4v) is 2.42. The fourth-order valence-electron chi connectivity index (χ4n) is 2.42. The molecular weight excluding hydrogens is 279 g/mol. The molecule has 0 aliphatic carbocycles. The Labute approximate surface area is 116 Å². The number of alkyl halides is 3. The summed E-state index contributed by atoms with van der Waals surface area (Å²) in [5, 5.41) is 3.19. The van der Waals surface area contributed by atoms with Crippen molar-refractivity contribution in [2.45, 2.75) is 24.6 Å². The molecule has 0 aromatic heterocycles. The lowest BCUT2D eigenvalue weighted by Crippen LogP contribution is -2.41. The van der Waals surface area contributed by atoms with Gasteiger partial charge in [-0.15, -0.1) is 12.4 Å². The minimum atomic E-state index is -4.31. The smallest absolute Gasteiger partial charge is 0.373 e. The van der Waals surface area contributed by atoms with E-state index in [0.29, 0.717) is 18.4 Å². The molecule has 1 N–H and O–H groups in total. The number of hydrogen-bond acceptors (Lipinski definition) is 2. The van der Waals surface area contributed by atoms with Gasteiger partial charge >= 0.3 is 6.18 Å². The second kappa shape index (κ2) is 6.11. The summed E-state index contributed by atoms with van der Waals surface area (Å²) in [6.45, 7) is 1.51. The lowest BCUT2D eigenvalue weighted by Gasteiger charge is -2.37. The van der Waals surface area contributed by atoms with E-state index in [9.17, 15) is 13.2 Å². The molecule has 1 heterocycles. The summed E-state index contributed by atoms with van der Waals surface area (Å²) in [4.78, 5) is 0. The van der Waals surface area contributed by atoms with Gasteiger partial charge in [0, 0.05) is 7.11 Å². The van der Waals surface area contributed by atoms with Crippen LogP contribution in [0.2, 0.25) is 0 Å². The molecule has 1 aliphatic heterocycles. The topological polar surface area (TPSA) is 21.3 Å². The molecule has 2 nitrogen and oxygen atoms in total. The molecule has 0 unspecified atom stereocenters. The van der Waals surface area contributed by atoms with Crippen molar-refractivity contribution in [1.82, 2.24) is 5.32 Å². The van der Waals surface area contributed by atoms with Gasteiger partial charge in [-0.1, -0.05) is 12.1 Å². The Bertz CT molecular complexity index is 417. The van der Waals surface area contributed by atoms with Crippen LogP contribution < -0.4 is 5.32 Å². The van der Waals surface area contributed by atoms with Gasteiger partial charge in [-0.2, -0.15) is 13.2 Å². The zero-order valence-corrected chi connectivity index (χ0v) is 11.4. The van der Waals surface area contributed by atoms with Crippen LogP contribution in [0.5, 0.6) is 0 Å². The third kappa shape index (κ3) is 3.41. The first-order valence-corrected chi connectivity index (χ1v) is 5.91. The van der Waals surface area contributed by atoms with Crippen molar-refractivity contribution in [3.63, 3.8) is 0 Å². The number of rotatable bonds is 2. The Balaban J connectivity index is 0.00000180. The maximum absolute atomic E-state index is 12.7. The number of halogens is 4. The molecule has 0 amide bonds. The summed E-state index contributed by atoms with van der Waals surface area (Å²) >= 11 is 0. The van der Waals surface area contributed by atoms with Crippen LogP contribution in [0, 0.1) is 0 Å². The Morgan fingerprint density at radius 3 is 2.37 bits per heavy atom. The minimum Gasteiger partial charge on any atom is -0.373 e. The largest absolute Gasteiger partial charge is 0.416 e. The zero-order valence-electron chi connectivity index (χ0n) is 10.6. The van der Waals surface area contributed by atoms with Crippen LogP contribution in [0.4, 0.5) is 13.2 Å². The van der Waals surface area contributed by atoms with Gasteiger partial charge in [-0.25, -0.2) is 0 Å². The first-order chi connectivity index (χ1) is 8.48. The summed E-state index contributed by atoms with van der Waals surface area (Å²) < 4.78 is 43.7. The van der Waals surface area contributed by atoms with Crippen LogP contribution in [-0.2, 0) is 16.5 Å². The predicted octanol–water partition coefficient (Wildman–Crippen LogP) is 3.35. The highest BCUT2D eigenvalue weighted by molar-refractivity contribution is 5.85. The number of nitrogens with one attached hydrogen (secondary N) is 1. The van der Waals surface area contributed by atoms with Crippen LogP contribution in [-0.4, -0.2) is 20.2 Å². The quantitative estimate of drug-likeness (QED) is 0.903. The van der Waals surface area contributed by atoms with E-state index < -0.39 is 17.3 Å². The first-order valence-electron chi connectivity index (χ1n) is 5.91. The van der Waals surface area contributed by atoms with E-state index in [2.05, 4.69) is 5.32 Å². The molecule has 1 aromatic carbocycles. The van der Waals surface area contributed by atoms with E-state index in [0.717, 1.165) is 19.2 Å². The number of piperidine rings is 1. The molecule has 0 spiro atoms. The van der Waals surface area contributed by atoms with Crippen molar-refractivity contribution in [3.8, 4) is 0 Å². The molecule has 1 fully saturated rings. The third-order valence-corrected chi connectivity index (χ3v) is 3.52. The number of ether oxygens (including phenoxy) is 1. The molecule has 0 saturated carbocycles. The maximum Gasteiger partial charge on any atom is 0.416 e. The highest BCUT2D eigenvalue weighted by Gasteiger charge is 2.36. The summed E-state index contributed by atoms with van der Waals surface area (Å²) in [5.74, 6) is 0. The number of benzene rings is 1. The lowest BCUT2D eigenvalue weighted by atomic mass is 9.84. The average molecular weight is 296 g/mol. The van der Waals surface area contributed by atoms with Crippen LogP contribution >= 0.6 is 12.4 Å². The van der Waals surface area contributed by atoms with E-state index in [1.807, 2.05) is 0 Å². The fraction of sp³-hybridized carbons (Fsp3) is 0.538. The molecule has 1 aliphatic rings. The highest BCUT2D eigenvalue weighted by atomic mass is 35.5. The molecular formula is C13H17ClF3NO. The van der Waals surface area contributed by atoms with Gasteiger partial charge in [-0.3, -0.25) is 0 Å². The molecule has 2 rings (SSSR count).